The molecule has 0 fully saturated rings. The van der Waals surface area contributed by atoms with Gasteiger partial charge in [-0.15, -0.1) is 0 Å². The fourth-order valence-electron chi connectivity index (χ4n) is 1.86. The topological polar surface area (TPSA) is 62.6 Å². The molecule has 0 aliphatic heterocycles. The predicted molar refractivity (Wildman–Crippen MR) is 87.7 cm³/mol. The maximum absolute atomic E-state index is 12.6. The van der Waals surface area contributed by atoms with Crippen molar-refractivity contribution in [3.63, 3.8) is 0 Å². The molecule has 0 spiro atoms. The van der Waals surface area contributed by atoms with Crippen molar-refractivity contribution in [2.45, 2.75) is 38.6 Å². The third-order valence-electron chi connectivity index (χ3n) is 2.85. The van der Waals surface area contributed by atoms with Crippen molar-refractivity contribution < 1.29 is 12.8 Å². The van der Waals surface area contributed by atoms with Gasteiger partial charge in [0.05, 0.1) is 6.54 Å². The van der Waals surface area contributed by atoms with E-state index < -0.39 is 10.0 Å². The van der Waals surface area contributed by atoms with Gasteiger partial charge in [-0.2, -0.15) is 4.31 Å². The van der Waals surface area contributed by atoms with Gasteiger partial charge in [-0.25, -0.2) is 8.42 Å². The van der Waals surface area contributed by atoms with Crippen LogP contribution in [0.1, 0.15) is 33.0 Å². The Labute approximate surface area is 135 Å². The summed E-state index contributed by atoms with van der Waals surface area (Å²) in [7, 11) is -3.58. The van der Waals surface area contributed by atoms with Gasteiger partial charge in [0, 0.05) is 19.2 Å². The van der Waals surface area contributed by atoms with Crippen molar-refractivity contribution >= 4 is 26.0 Å². The molecule has 0 unspecified atom stereocenters. The smallest absolute Gasteiger partial charge is 0.247 e. The first kappa shape index (κ1) is 18.4. The summed E-state index contributed by atoms with van der Waals surface area (Å²) in [4.78, 5) is 0.166. The van der Waals surface area contributed by atoms with E-state index >= 15 is 0 Å². The van der Waals surface area contributed by atoms with Crippen molar-refractivity contribution in [1.29, 1.82) is 0 Å². The first-order valence-corrected chi connectivity index (χ1v) is 9.19. The van der Waals surface area contributed by atoms with Gasteiger partial charge >= 0.3 is 0 Å². The Hall–Kier alpha value is -0.630. The lowest BCUT2D eigenvalue weighted by molar-refractivity contribution is 0.443. The number of nitrogens with one attached hydrogen (secondary N) is 1. The standard InChI is InChI=1S/C14H23BrN2O3S/c1-5-7-16-9-12-8-13(14(15)20-12)21(18,19)17(6-2)10-11(3)4/h8,16H,3,5-7,9-10H2,1-2,4H3. The molecule has 1 rings (SSSR count). The van der Waals surface area contributed by atoms with Crippen LogP contribution in [0, 0.1) is 0 Å². The number of nitrogens with zero attached hydrogens (tertiary/aromatic N) is 1. The summed E-state index contributed by atoms with van der Waals surface area (Å²) < 4.78 is 32.4. The van der Waals surface area contributed by atoms with Crippen LogP contribution in [0.2, 0.25) is 0 Å². The predicted octanol–water partition coefficient (Wildman–Crippen LogP) is 3.13. The number of rotatable bonds is 9. The summed E-state index contributed by atoms with van der Waals surface area (Å²) >= 11 is 3.20. The van der Waals surface area contributed by atoms with E-state index in [1.807, 2.05) is 6.92 Å². The zero-order valence-corrected chi connectivity index (χ0v) is 15.2. The number of likely N-dealkylation sites (N-methyl/N-ethyl adjacent to an activating group) is 1. The largest absolute Gasteiger partial charge is 0.452 e. The number of hydrogen-bond donors (Lipinski definition) is 1. The van der Waals surface area contributed by atoms with E-state index in [1.54, 1.807) is 13.0 Å². The van der Waals surface area contributed by atoms with E-state index in [-0.39, 0.29) is 9.56 Å². The summed E-state index contributed by atoms with van der Waals surface area (Å²) in [6, 6.07) is 1.57. The molecule has 0 atom stereocenters. The molecule has 0 saturated heterocycles. The monoisotopic (exact) mass is 378 g/mol. The SMILES string of the molecule is C=C(C)CN(CC)S(=O)(=O)c1cc(CNCCC)oc1Br. The highest BCUT2D eigenvalue weighted by molar-refractivity contribution is 9.10. The van der Waals surface area contributed by atoms with Crippen LogP contribution in [0.3, 0.4) is 0 Å². The quantitative estimate of drug-likeness (QED) is 0.529. The van der Waals surface area contributed by atoms with Crippen molar-refractivity contribution in [2.24, 2.45) is 0 Å². The molecular formula is C14H23BrN2O3S. The summed E-state index contributed by atoms with van der Waals surface area (Å²) in [5.74, 6) is 0.597. The van der Waals surface area contributed by atoms with Gasteiger partial charge in [0.1, 0.15) is 10.7 Å². The Kier molecular flexibility index (Phi) is 7.12. The first-order chi connectivity index (χ1) is 9.82. The molecule has 21 heavy (non-hydrogen) atoms. The Morgan fingerprint density at radius 2 is 2.14 bits per heavy atom. The van der Waals surface area contributed by atoms with Gasteiger partial charge in [-0.1, -0.05) is 26.0 Å². The van der Waals surface area contributed by atoms with Crippen LogP contribution in [0.5, 0.6) is 0 Å². The van der Waals surface area contributed by atoms with Crippen molar-refractivity contribution in [1.82, 2.24) is 9.62 Å². The molecule has 120 valence electrons. The fraction of sp³-hybridized carbons (Fsp3) is 0.571. The first-order valence-electron chi connectivity index (χ1n) is 6.96. The highest BCUT2D eigenvalue weighted by atomic mass is 79.9. The van der Waals surface area contributed by atoms with Crippen LogP contribution >= 0.6 is 15.9 Å². The second kappa shape index (κ2) is 8.12. The van der Waals surface area contributed by atoms with Gasteiger partial charge < -0.3 is 9.73 Å². The van der Waals surface area contributed by atoms with Crippen LogP contribution in [0.15, 0.2) is 32.2 Å². The molecule has 0 aromatic carbocycles. The maximum atomic E-state index is 12.6. The van der Waals surface area contributed by atoms with E-state index in [0.29, 0.717) is 25.4 Å². The highest BCUT2D eigenvalue weighted by Gasteiger charge is 2.28. The number of sulfonamides is 1. The minimum absolute atomic E-state index is 0.166. The van der Waals surface area contributed by atoms with E-state index in [1.165, 1.54) is 4.31 Å². The average Bonchev–Trinajstić information content (AvgIpc) is 2.78. The second-order valence-electron chi connectivity index (χ2n) is 4.92. The zero-order chi connectivity index (χ0) is 16.0. The minimum atomic E-state index is -3.58. The molecule has 1 aromatic rings. The van der Waals surface area contributed by atoms with Gasteiger partial charge in [-0.05, 0) is 35.8 Å². The van der Waals surface area contributed by atoms with Crippen LogP contribution in [-0.4, -0.2) is 32.4 Å². The van der Waals surface area contributed by atoms with Crippen molar-refractivity contribution in [2.75, 3.05) is 19.6 Å². The van der Waals surface area contributed by atoms with Gasteiger partial charge in [-0.3, -0.25) is 0 Å². The van der Waals surface area contributed by atoms with Gasteiger partial charge in [0.25, 0.3) is 0 Å². The van der Waals surface area contributed by atoms with E-state index in [0.717, 1.165) is 18.5 Å². The van der Waals surface area contributed by atoms with Crippen molar-refractivity contribution in [3.05, 3.63) is 28.6 Å². The molecule has 1 heterocycles. The zero-order valence-electron chi connectivity index (χ0n) is 12.8. The summed E-state index contributed by atoms with van der Waals surface area (Å²) in [6.07, 6.45) is 1.01. The lowest BCUT2D eigenvalue weighted by atomic mass is 10.3. The number of hydrogen-bond acceptors (Lipinski definition) is 4. The lowest BCUT2D eigenvalue weighted by Crippen LogP contribution is -2.32. The third kappa shape index (κ3) is 4.95. The van der Waals surface area contributed by atoms with E-state index in [9.17, 15) is 8.42 Å². The summed E-state index contributed by atoms with van der Waals surface area (Å²) in [5.41, 5.74) is 0.796. The fourth-order valence-corrected chi connectivity index (χ4v) is 4.33. The normalized spacial score (nSPS) is 12.0. The molecule has 1 aromatic heterocycles. The third-order valence-corrected chi connectivity index (χ3v) is 5.63. The van der Waals surface area contributed by atoms with E-state index in [4.69, 9.17) is 4.42 Å². The number of furan rings is 1. The van der Waals surface area contributed by atoms with Gasteiger partial charge in [0.15, 0.2) is 4.67 Å². The summed E-state index contributed by atoms with van der Waals surface area (Å²) in [5, 5.41) is 3.18. The average molecular weight is 379 g/mol. The molecule has 0 radical (unpaired) electrons. The Morgan fingerprint density at radius 1 is 1.48 bits per heavy atom. The van der Waals surface area contributed by atoms with Gasteiger partial charge in [0.2, 0.25) is 10.0 Å². The van der Waals surface area contributed by atoms with Crippen LogP contribution in [-0.2, 0) is 16.6 Å². The molecule has 0 aliphatic carbocycles. The molecule has 0 bridgehead atoms. The minimum Gasteiger partial charge on any atom is -0.452 e. The molecule has 7 heteroatoms. The molecular weight excluding hydrogens is 356 g/mol. The molecule has 1 N–H and O–H groups in total. The number of halogens is 1. The van der Waals surface area contributed by atoms with Crippen LogP contribution in [0.25, 0.3) is 0 Å². The maximum Gasteiger partial charge on any atom is 0.247 e. The summed E-state index contributed by atoms with van der Waals surface area (Å²) in [6.45, 7) is 11.5. The highest BCUT2D eigenvalue weighted by Crippen LogP contribution is 2.29. The molecule has 5 nitrogen and oxygen atoms in total. The molecule has 0 amide bonds. The van der Waals surface area contributed by atoms with Crippen LogP contribution < -0.4 is 5.32 Å². The Morgan fingerprint density at radius 3 is 2.67 bits per heavy atom. The van der Waals surface area contributed by atoms with E-state index in [2.05, 4.69) is 34.7 Å². The molecule has 0 saturated carbocycles. The Bertz CT molecular complexity index is 581. The lowest BCUT2D eigenvalue weighted by Gasteiger charge is -2.19. The van der Waals surface area contributed by atoms with Crippen molar-refractivity contribution in [3.8, 4) is 0 Å². The van der Waals surface area contributed by atoms with Crippen LogP contribution in [0.4, 0.5) is 0 Å². The Balaban J connectivity index is 2.99. The molecule has 0 aliphatic rings. The second-order valence-corrected chi connectivity index (χ2v) is 7.54.